The van der Waals surface area contributed by atoms with Crippen molar-refractivity contribution < 1.29 is 22.3 Å². The fourth-order valence-corrected chi connectivity index (χ4v) is 5.00. The molecular weight excluding hydrogens is 457 g/mol. The molecule has 3 rings (SSSR count). The first kappa shape index (κ1) is 25.1. The Balaban J connectivity index is 1.83. The van der Waals surface area contributed by atoms with Crippen LogP contribution in [0.2, 0.25) is 0 Å². The largest absolute Gasteiger partial charge is 0.461 e. The van der Waals surface area contributed by atoms with E-state index in [9.17, 15) is 22.9 Å². The second-order valence-corrected chi connectivity index (χ2v) is 9.30. The minimum Gasteiger partial charge on any atom is -0.461 e. The number of nitrogens with zero attached hydrogens (tertiary/aromatic N) is 2. The molecule has 0 amide bonds. The number of halogens is 1. The number of carbonyl (C=O) groups is 1. The van der Waals surface area contributed by atoms with E-state index in [1.165, 1.54) is 18.2 Å². The van der Waals surface area contributed by atoms with E-state index in [1.807, 2.05) is 6.92 Å². The average molecular weight is 484 g/mol. The lowest BCUT2D eigenvalue weighted by atomic mass is 9.98. The second kappa shape index (κ2) is 10.6. The van der Waals surface area contributed by atoms with Crippen molar-refractivity contribution in [2.75, 3.05) is 13.2 Å². The lowest BCUT2D eigenvalue weighted by molar-refractivity contribution is 0.0516. The first-order chi connectivity index (χ1) is 16.2. The van der Waals surface area contributed by atoms with Gasteiger partial charge in [0.15, 0.2) is 0 Å². The molecule has 0 fully saturated rings. The molecule has 178 valence electrons. The molecule has 0 unspecified atom stereocenters. The summed E-state index contributed by atoms with van der Waals surface area (Å²) in [5.74, 6) is -1.30. The van der Waals surface area contributed by atoms with Gasteiger partial charge >= 0.3 is 5.97 Å². The first-order valence-corrected chi connectivity index (χ1v) is 12.4. The van der Waals surface area contributed by atoms with E-state index in [0.717, 1.165) is 17.3 Å². The van der Waals surface area contributed by atoms with Gasteiger partial charge in [-0.3, -0.25) is 0 Å². The number of carbonyl (C=O) groups excluding carboxylic acids is 1. The highest BCUT2D eigenvalue weighted by molar-refractivity contribution is 7.89. The Morgan fingerprint density at radius 3 is 2.41 bits per heavy atom. The van der Waals surface area contributed by atoms with Crippen molar-refractivity contribution in [1.29, 1.82) is 5.26 Å². The van der Waals surface area contributed by atoms with Crippen LogP contribution < -0.4 is 4.72 Å². The third-order valence-electron chi connectivity index (χ3n) is 5.51. The molecule has 0 saturated carbocycles. The molecule has 0 atom stereocenters. The van der Waals surface area contributed by atoms with Crippen LogP contribution in [0.4, 0.5) is 4.39 Å². The molecule has 0 radical (unpaired) electrons. The predicted octanol–water partition coefficient (Wildman–Crippen LogP) is 3.96. The third kappa shape index (κ3) is 5.03. The van der Waals surface area contributed by atoms with Gasteiger partial charge in [-0.2, -0.15) is 5.26 Å². The van der Waals surface area contributed by atoms with E-state index in [1.54, 1.807) is 42.8 Å². The highest BCUT2D eigenvalue weighted by Crippen LogP contribution is 2.33. The van der Waals surface area contributed by atoms with Crippen LogP contribution >= 0.6 is 0 Å². The molecule has 1 aromatic heterocycles. The van der Waals surface area contributed by atoms with Crippen LogP contribution in [-0.2, 0) is 34.6 Å². The average Bonchev–Trinajstić information content (AvgIpc) is 3.11. The van der Waals surface area contributed by atoms with Crippen LogP contribution in [0.1, 0.15) is 41.2 Å². The first-order valence-electron chi connectivity index (χ1n) is 10.9. The number of nitriles is 1. The summed E-state index contributed by atoms with van der Waals surface area (Å²) < 4.78 is 47.8. The van der Waals surface area contributed by atoms with Crippen LogP contribution in [0.5, 0.6) is 0 Å². The standard InChI is InChI=1S/C25H26FN3O4S/c1-4-21-19(16-27)23(24(29(21)3)25(30)33-5-2)18-12-10-17(11-13-18)14-15-28-34(31,32)22-9-7-6-8-20(22)26/h6-13,28H,4-5,14-15H2,1-3H3. The number of sulfonamides is 1. The second-order valence-electron chi connectivity index (χ2n) is 7.57. The van der Waals surface area contributed by atoms with E-state index in [4.69, 9.17) is 4.74 Å². The van der Waals surface area contributed by atoms with Crippen LogP contribution in [0.3, 0.4) is 0 Å². The van der Waals surface area contributed by atoms with Crippen LogP contribution in [-0.4, -0.2) is 32.1 Å². The van der Waals surface area contributed by atoms with Gasteiger partial charge in [-0.15, -0.1) is 0 Å². The summed E-state index contributed by atoms with van der Waals surface area (Å²) in [4.78, 5) is 12.3. The Hall–Kier alpha value is -3.48. The minimum absolute atomic E-state index is 0.0822. The number of hydrogen-bond donors (Lipinski definition) is 1. The summed E-state index contributed by atoms with van der Waals surface area (Å²) in [5.41, 5.74) is 3.53. The van der Waals surface area contributed by atoms with E-state index >= 15 is 0 Å². The maximum Gasteiger partial charge on any atom is 0.355 e. The van der Waals surface area contributed by atoms with Crippen LogP contribution in [0.15, 0.2) is 53.4 Å². The van der Waals surface area contributed by atoms with E-state index in [-0.39, 0.29) is 13.2 Å². The molecule has 34 heavy (non-hydrogen) atoms. The number of rotatable bonds is 9. The molecule has 0 saturated heterocycles. The van der Waals surface area contributed by atoms with Crippen molar-refractivity contribution in [2.45, 2.75) is 31.6 Å². The zero-order chi connectivity index (χ0) is 24.9. The van der Waals surface area contributed by atoms with Gasteiger partial charge in [-0.25, -0.2) is 22.3 Å². The maximum absolute atomic E-state index is 13.8. The fourth-order valence-electron chi connectivity index (χ4n) is 3.90. The quantitative estimate of drug-likeness (QED) is 0.464. The predicted molar refractivity (Wildman–Crippen MR) is 126 cm³/mol. The molecule has 0 aliphatic rings. The normalized spacial score (nSPS) is 11.3. The van der Waals surface area contributed by atoms with Gasteiger partial charge in [0.25, 0.3) is 0 Å². The lowest BCUT2D eigenvalue weighted by Crippen LogP contribution is -2.26. The molecule has 0 aliphatic carbocycles. The third-order valence-corrected chi connectivity index (χ3v) is 7.00. The smallest absolute Gasteiger partial charge is 0.355 e. The summed E-state index contributed by atoms with van der Waals surface area (Å²) in [6.45, 7) is 3.94. The Morgan fingerprint density at radius 1 is 1.15 bits per heavy atom. The summed E-state index contributed by atoms with van der Waals surface area (Å²) >= 11 is 0. The number of esters is 1. The Kier molecular flexibility index (Phi) is 7.87. The highest BCUT2D eigenvalue weighted by atomic mass is 32.2. The van der Waals surface area contributed by atoms with Crippen LogP contribution in [0.25, 0.3) is 11.1 Å². The van der Waals surface area contributed by atoms with E-state index < -0.39 is 26.7 Å². The minimum atomic E-state index is -3.96. The highest BCUT2D eigenvalue weighted by Gasteiger charge is 2.26. The summed E-state index contributed by atoms with van der Waals surface area (Å²) in [5, 5.41) is 9.79. The van der Waals surface area contributed by atoms with Crippen molar-refractivity contribution in [3.05, 3.63) is 76.9 Å². The molecule has 2 aromatic carbocycles. The van der Waals surface area contributed by atoms with Gasteiger partial charge < -0.3 is 9.30 Å². The molecule has 9 heteroatoms. The number of aromatic nitrogens is 1. The van der Waals surface area contributed by atoms with Gasteiger partial charge in [0.05, 0.1) is 12.2 Å². The Bertz CT molecular complexity index is 1340. The topological polar surface area (TPSA) is 101 Å². The summed E-state index contributed by atoms with van der Waals surface area (Å²) in [7, 11) is -2.22. The van der Waals surface area contributed by atoms with Gasteiger partial charge in [-0.1, -0.05) is 43.3 Å². The molecule has 1 heterocycles. The van der Waals surface area contributed by atoms with Crippen molar-refractivity contribution in [3.8, 4) is 17.2 Å². The number of ether oxygens (including phenoxy) is 1. The fraction of sp³-hybridized carbons (Fsp3) is 0.280. The van der Waals surface area contributed by atoms with Crippen LogP contribution in [0, 0.1) is 17.1 Å². The molecular formula is C25H26FN3O4S. The van der Waals surface area contributed by atoms with E-state index in [2.05, 4.69) is 10.8 Å². The van der Waals surface area contributed by atoms with Gasteiger partial charge in [-0.05, 0) is 43.0 Å². The van der Waals surface area contributed by atoms with Crippen molar-refractivity contribution >= 4 is 16.0 Å². The SMILES string of the molecule is CCOC(=O)c1c(-c2ccc(CCNS(=O)(=O)c3ccccc3F)cc2)c(C#N)c(CC)n1C. The Morgan fingerprint density at radius 2 is 1.82 bits per heavy atom. The number of hydrogen-bond acceptors (Lipinski definition) is 5. The van der Waals surface area contributed by atoms with Crippen molar-refractivity contribution in [3.63, 3.8) is 0 Å². The molecule has 0 bridgehead atoms. The van der Waals surface area contributed by atoms with Crippen molar-refractivity contribution in [1.82, 2.24) is 9.29 Å². The zero-order valence-corrected chi connectivity index (χ0v) is 20.1. The molecule has 0 spiro atoms. The van der Waals surface area contributed by atoms with Gasteiger partial charge in [0.1, 0.15) is 22.5 Å². The molecule has 1 N–H and O–H groups in total. The maximum atomic E-state index is 13.8. The molecule has 3 aromatic rings. The summed E-state index contributed by atoms with van der Waals surface area (Å²) in [6, 6.07) is 14.6. The summed E-state index contributed by atoms with van der Waals surface area (Å²) in [6.07, 6.45) is 0.949. The lowest BCUT2D eigenvalue weighted by Gasteiger charge is -2.10. The van der Waals surface area contributed by atoms with E-state index in [0.29, 0.717) is 35.2 Å². The molecule has 7 nitrogen and oxygen atoms in total. The Labute approximate surface area is 198 Å². The van der Waals surface area contributed by atoms with Gasteiger partial charge in [0.2, 0.25) is 10.0 Å². The zero-order valence-electron chi connectivity index (χ0n) is 19.3. The monoisotopic (exact) mass is 483 g/mol. The number of nitrogens with one attached hydrogen (secondary N) is 1. The van der Waals surface area contributed by atoms with Gasteiger partial charge in [0, 0.05) is 24.8 Å². The van der Waals surface area contributed by atoms with Crippen molar-refractivity contribution in [2.24, 2.45) is 7.05 Å². The molecule has 0 aliphatic heterocycles. The number of benzene rings is 2.